The number of hydrogen-bond donors (Lipinski definition) is 1. The first kappa shape index (κ1) is 18.5. The van der Waals surface area contributed by atoms with Crippen LogP contribution in [0, 0.1) is 35.0 Å². The molecule has 2 saturated heterocycles. The van der Waals surface area contributed by atoms with Crippen LogP contribution in [0.5, 0.6) is 0 Å². The van der Waals surface area contributed by atoms with Crippen molar-refractivity contribution in [3.8, 4) is 0 Å². The molecule has 0 radical (unpaired) electrons. The van der Waals surface area contributed by atoms with Crippen LogP contribution in [0.2, 0.25) is 0 Å². The molecule has 0 unspecified atom stereocenters. The Labute approximate surface area is 157 Å². The number of ketones is 1. The Morgan fingerprint density at radius 3 is 2.65 bits per heavy atom. The fourth-order valence-corrected chi connectivity index (χ4v) is 7.35. The summed E-state index contributed by atoms with van der Waals surface area (Å²) in [4.78, 5) is 25.2. The summed E-state index contributed by atoms with van der Waals surface area (Å²) in [6.45, 7) is 6.36. The van der Waals surface area contributed by atoms with Crippen molar-refractivity contribution in [3.05, 3.63) is 0 Å². The summed E-state index contributed by atoms with van der Waals surface area (Å²) in [6, 6.07) is 0. The minimum absolute atomic E-state index is 0.105. The number of Topliss-reactive ketones (excluding diaryl/α,β-unsaturated/α-hetero) is 1. The Morgan fingerprint density at radius 2 is 1.92 bits per heavy atom. The third-order valence-corrected chi connectivity index (χ3v) is 8.66. The van der Waals surface area contributed by atoms with Gasteiger partial charge in [0.15, 0.2) is 5.78 Å². The van der Waals surface area contributed by atoms with Gasteiger partial charge < -0.3 is 9.84 Å². The minimum Gasteiger partial charge on any atom is -0.481 e. The van der Waals surface area contributed by atoms with Crippen molar-refractivity contribution >= 4 is 11.8 Å². The maximum atomic E-state index is 13.5. The van der Waals surface area contributed by atoms with E-state index in [-0.39, 0.29) is 35.1 Å². The fraction of sp³-hybridized carbons (Fsp3) is 0.909. The van der Waals surface area contributed by atoms with Crippen molar-refractivity contribution in [1.82, 2.24) is 0 Å². The van der Waals surface area contributed by atoms with Crippen LogP contribution >= 0.6 is 0 Å². The van der Waals surface area contributed by atoms with E-state index in [0.29, 0.717) is 18.3 Å². The molecule has 4 aliphatic rings. The number of hydrogen-bond acceptors (Lipinski definition) is 3. The van der Waals surface area contributed by atoms with Gasteiger partial charge in [-0.2, -0.15) is 0 Å². The lowest BCUT2D eigenvalue weighted by atomic mass is 9.52. The Bertz CT molecular complexity index is 601. The lowest BCUT2D eigenvalue weighted by Crippen LogP contribution is -2.62. The number of aliphatic carboxylic acids is 1. The van der Waals surface area contributed by atoms with Crippen LogP contribution in [0.1, 0.15) is 78.6 Å². The van der Waals surface area contributed by atoms with Crippen LogP contribution in [0.4, 0.5) is 0 Å². The largest absolute Gasteiger partial charge is 0.481 e. The van der Waals surface area contributed by atoms with Gasteiger partial charge in [-0.05, 0) is 74.0 Å². The number of carboxylic acids is 1. The summed E-state index contributed by atoms with van der Waals surface area (Å²) in [7, 11) is 0. The zero-order valence-corrected chi connectivity index (χ0v) is 16.5. The van der Waals surface area contributed by atoms with E-state index >= 15 is 0 Å². The average Bonchev–Trinajstić information content (AvgIpc) is 2.90. The molecule has 1 N–H and O–H groups in total. The normalized spacial score (nSPS) is 49.5. The molecular formula is C22H34O4. The van der Waals surface area contributed by atoms with Gasteiger partial charge in [0.1, 0.15) is 5.60 Å². The highest BCUT2D eigenvalue weighted by atomic mass is 16.5. The molecule has 0 aromatic heterocycles. The highest BCUT2D eigenvalue weighted by molar-refractivity contribution is 5.90. The van der Waals surface area contributed by atoms with Gasteiger partial charge >= 0.3 is 5.97 Å². The number of carbonyl (C=O) groups is 2. The van der Waals surface area contributed by atoms with E-state index in [1.807, 2.05) is 6.92 Å². The van der Waals surface area contributed by atoms with Crippen LogP contribution in [0.3, 0.4) is 0 Å². The molecular weight excluding hydrogens is 328 g/mol. The highest BCUT2D eigenvalue weighted by Crippen LogP contribution is 2.64. The van der Waals surface area contributed by atoms with Crippen molar-refractivity contribution in [1.29, 1.82) is 0 Å². The van der Waals surface area contributed by atoms with Crippen molar-refractivity contribution in [2.75, 3.05) is 0 Å². The van der Waals surface area contributed by atoms with Crippen molar-refractivity contribution in [2.45, 2.75) is 90.3 Å². The van der Waals surface area contributed by atoms with Crippen LogP contribution in [0.15, 0.2) is 0 Å². The van der Waals surface area contributed by atoms with Gasteiger partial charge in [0.25, 0.3) is 0 Å². The van der Waals surface area contributed by atoms with Gasteiger partial charge in [0, 0.05) is 6.42 Å². The molecule has 146 valence electrons. The molecule has 1 spiro atoms. The first-order valence-electron chi connectivity index (χ1n) is 10.7. The second-order valence-electron chi connectivity index (χ2n) is 10.1. The summed E-state index contributed by atoms with van der Waals surface area (Å²) in [6.07, 6.45) is 9.14. The summed E-state index contributed by atoms with van der Waals surface area (Å²) in [5.41, 5.74) is -0.738. The summed E-state index contributed by atoms with van der Waals surface area (Å²) in [5.74, 6) is 0.652. The quantitative estimate of drug-likeness (QED) is 0.788. The smallest absolute Gasteiger partial charge is 0.306 e. The molecule has 2 aliphatic carbocycles. The molecule has 4 heteroatoms. The van der Waals surface area contributed by atoms with Gasteiger partial charge in [-0.1, -0.05) is 27.2 Å². The molecule has 4 nitrogen and oxygen atoms in total. The van der Waals surface area contributed by atoms with Gasteiger partial charge in [-0.25, -0.2) is 0 Å². The molecule has 2 aliphatic heterocycles. The maximum Gasteiger partial charge on any atom is 0.306 e. The minimum atomic E-state index is -0.718. The Morgan fingerprint density at radius 1 is 1.19 bits per heavy atom. The van der Waals surface area contributed by atoms with E-state index in [0.717, 1.165) is 44.9 Å². The van der Waals surface area contributed by atoms with Gasteiger partial charge in [0.2, 0.25) is 0 Å². The number of carbonyl (C=O) groups excluding carboxylic acids is 1. The van der Waals surface area contributed by atoms with Gasteiger partial charge in [-0.15, -0.1) is 0 Å². The maximum absolute atomic E-state index is 13.5. The first-order chi connectivity index (χ1) is 12.3. The van der Waals surface area contributed by atoms with Gasteiger partial charge in [0.05, 0.1) is 12.0 Å². The monoisotopic (exact) mass is 362 g/mol. The molecule has 2 bridgehead atoms. The van der Waals surface area contributed by atoms with Crippen LogP contribution < -0.4 is 0 Å². The Hall–Kier alpha value is -0.900. The summed E-state index contributed by atoms with van der Waals surface area (Å²) >= 11 is 0. The lowest BCUT2D eigenvalue weighted by Gasteiger charge is -2.57. The first-order valence-corrected chi connectivity index (χ1v) is 10.7. The number of ether oxygens (including phenoxy) is 1. The zero-order chi connectivity index (χ0) is 18.7. The number of carboxylic acid groups (broad SMARTS) is 1. The predicted octanol–water partition coefficient (Wildman–Crippen LogP) is 4.46. The molecule has 2 saturated carbocycles. The Kier molecular flexibility index (Phi) is 4.49. The topological polar surface area (TPSA) is 63.6 Å². The molecule has 4 fully saturated rings. The van der Waals surface area contributed by atoms with E-state index in [1.54, 1.807) is 0 Å². The molecule has 0 amide bonds. The third kappa shape index (κ3) is 2.58. The standard InChI is InChI=1S/C22H34O4/c1-13-6-7-18-17-9-8-16(14(2)20(24)25)21(17,3)12-19(23)22(18)10-4-5-15(11-13)26-22/h13-18H,4-12H2,1-3H3,(H,24,25)/t13-,14+,15-,16+,17+,18-,21-,22+/m1/s1. The summed E-state index contributed by atoms with van der Waals surface area (Å²) in [5, 5.41) is 9.59. The number of fused-ring (bicyclic) bond motifs is 3. The van der Waals surface area contributed by atoms with Crippen LogP contribution in [0.25, 0.3) is 0 Å². The van der Waals surface area contributed by atoms with E-state index in [2.05, 4.69) is 13.8 Å². The van der Waals surface area contributed by atoms with Gasteiger partial charge in [-0.3, -0.25) is 9.59 Å². The van der Waals surface area contributed by atoms with E-state index in [1.165, 1.54) is 6.42 Å². The molecule has 8 atom stereocenters. The number of rotatable bonds is 2. The summed E-state index contributed by atoms with van der Waals surface area (Å²) < 4.78 is 6.63. The lowest BCUT2D eigenvalue weighted by molar-refractivity contribution is -0.213. The fourth-order valence-electron chi connectivity index (χ4n) is 7.35. The van der Waals surface area contributed by atoms with Crippen molar-refractivity contribution in [2.24, 2.45) is 35.0 Å². The van der Waals surface area contributed by atoms with E-state index in [9.17, 15) is 14.7 Å². The Balaban J connectivity index is 1.71. The predicted molar refractivity (Wildman–Crippen MR) is 98.7 cm³/mol. The highest BCUT2D eigenvalue weighted by Gasteiger charge is 2.65. The molecule has 4 rings (SSSR count). The van der Waals surface area contributed by atoms with Crippen molar-refractivity contribution < 1.29 is 19.4 Å². The second-order valence-corrected chi connectivity index (χ2v) is 10.1. The second kappa shape index (κ2) is 6.32. The molecule has 0 aromatic carbocycles. The van der Waals surface area contributed by atoms with E-state index < -0.39 is 11.6 Å². The van der Waals surface area contributed by atoms with Crippen LogP contribution in [-0.4, -0.2) is 28.6 Å². The third-order valence-electron chi connectivity index (χ3n) is 8.66. The van der Waals surface area contributed by atoms with E-state index in [4.69, 9.17) is 4.74 Å². The molecule has 26 heavy (non-hydrogen) atoms. The molecule has 2 heterocycles. The average molecular weight is 363 g/mol. The molecule has 0 aromatic rings. The SMILES string of the molecule is C[C@@H]1CC[C@@H]2[C@@H]3CC[C@@H]([C@H](C)C(=O)O)[C@@]3(C)CC(=O)[C@]23CCC[C@H](C1)O3. The van der Waals surface area contributed by atoms with Crippen molar-refractivity contribution in [3.63, 3.8) is 0 Å². The van der Waals surface area contributed by atoms with Crippen LogP contribution in [-0.2, 0) is 14.3 Å². The zero-order valence-electron chi connectivity index (χ0n) is 16.5.